The van der Waals surface area contributed by atoms with Crippen LogP contribution in [0.2, 0.25) is 0 Å². The number of hydrogen-bond acceptors (Lipinski definition) is 4. The van der Waals surface area contributed by atoms with Crippen molar-refractivity contribution < 1.29 is 14.3 Å². The van der Waals surface area contributed by atoms with E-state index >= 15 is 0 Å². The summed E-state index contributed by atoms with van der Waals surface area (Å²) in [7, 11) is 1.65. The third-order valence-corrected chi connectivity index (χ3v) is 4.99. The molecule has 132 valence electrons. The Hall–Kier alpha value is -1.34. The Morgan fingerprint density at radius 1 is 1.13 bits per heavy atom. The Morgan fingerprint density at radius 2 is 1.74 bits per heavy atom. The lowest BCUT2D eigenvalue weighted by molar-refractivity contribution is -0.145. The molecule has 2 heterocycles. The second-order valence-electron chi connectivity index (χ2n) is 6.37. The molecule has 7 heteroatoms. The number of carbonyl (C=O) groups is 2. The predicted molar refractivity (Wildman–Crippen MR) is 88.3 cm³/mol. The van der Waals surface area contributed by atoms with Crippen LogP contribution < -0.4 is 5.32 Å². The minimum Gasteiger partial charge on any atom is -0.384 e. The molecule has 0 radical (unpaired) electrons. The molecule has 2 fully saturated rings. The number of methoxy groups -OCH3 is 1. The van der Waals surface area contributed by atoms with Gasteiger partial charge in [-0.3, -0.25) is 4.79 Å². The third-order valence-electron chi connectivity index (χ3n) is 4.99. The minimum atomic E-state index is -0.431. The summed E-state index contributed by atoms with van der Waals surface area (Å²) in [6.07, 6.45) is 0.818. The van der Waals surface area contributed by atoms with Gasteiger partial charge in [0.25, 0.3) is 0 Å². The topological polar surface area (TPSA) is 65.1 Å². The molecule has 0 aromatic rings. The number of hydrogen-bond donors (Lipinski definition) is 1. The van der Waals surface area contributed by atoms with Crippen LogP contribution in [-0.2, 0) is 9.53 Å². The minimum absolute atomic E-state index is 0.0798. The van der Waals surface area contributed by atoms with E-state index in [9.17, 15) is 9.59 Å². The summed E-state index contributed by atoms with van der Waals surface area (Å²) in [6.45, 7) is 9.84. The Kier molecular flexibility index (Phi) is 6.24. The molecule has 0 aromatic carbocycles. The average Bonchev–Trinajstić information content (AvgIpc) is 3.05. The van der Waals surface area contributed by atoms with E-state index in [2.05, 4.69) is 5.32 Å². The number of nitrogens with one attached hydrogen (secondary N) is 1. The van der Waals surface area contributed by atoms with Crippen LogP contribution in [0.5, 0.6) is 0 Å². The molecule has 1 unspecified atom stereocenters. The van der Waals surface area contributed by atoms with Gasteiger partial charge in [-0.05, 0) is 26.8 Å². The first kappa shape index (κ1) is 18.0. The van der Waals surface area contributed by atoms with Gasteiger partial charge in [-0.2, -0.15) is 0 Å². The zero-order valence-corrected chi connectivity index (χ0v) is 14.6. The fourth-order valence-corrected chi connectivity index (χ4v) is 3.52. The van der Waals surface area contributed by atoms with Gasteiger partial charge >= 0.3 is 6.03 Å². The molecule has 2 rings (SSSR count). The maximum absolute atomic E-state index is 12.9. The molecule has 1 atom stereocenters. The van der Waals surface area contributed by atoms with Gasteiger partial charge in [0.2, 0.25) is 5.91 Å². The molecule has 3 amide bonds. The first-order chi connectivity index (χ1) is 11.1. The van der Waals surface area contributed by atoms with Crippen molar-refractivity contribution in [3.05, 3.63) is 0 Å². The van der Waals surface area contributed by atoms with Gasteiger partial charge in [0, 0.05) is 52.9 Å². The Balaban J connectivity index is 1.93. The molecule has 23 heavy (non-hydrogen) atoms. The second kappa shape index (κ2) is 7.97. The fourth-order valence-electron chi connectivity index (χ4n) is 3.52. The normalized spacial score (nSPS) is 24.8. The van der Waals surface area contributed by atoms with Gasteiger partial charge in [-0.1, -0.05) is 0 Å². The lowest BCUT2D eigenvalue weighted by Crippen LogP contribution is -2.57. The molecular weight excluding hydrogens is 296 g/mol. The maximum atomic E-state index is 12.9. The Bertz CT molecular complexity index is 412. The second-order valence-corrected chi connectivity index (χ2v) is 6.37. The van der Waals surface area contributed by atoms with Crippen molar-refractivity contribution in [3.8, 4) is 0 Å². The van der Waals surface area contributed by atoms with Crippen LogP contribution in [0.3, 0.4) is 0 Å². The Labute approximate surface area is 138 Å². The van der Waals surface area contributed by atoms with Crippen molar-refractivity contribution >= 4 is 11.9 Å². The molecule has 7 nitrogen and oxygen atoms in total. The molecule has 2 aliphatic heterocycles. The van der Waals surface area contributed by atoms with Crippen LogP contribution in [-0.4, -0.2) is 92.7 Å². The highest BCUT2D eigenvalue weighted by Gasteiger charge is 2.44. The fraction of sp³-hybridized carbons (Fsp3) is 0.875. The summed E-state index contributed by atoms with van der Waals surface area (Å²) in [5, 5.41) is 3.28. The van der Waals surface area contributed by atoms with E-state index in [4.69, 9.17) is 4.74 Å². The average molecular weight is 326 g/mol. The van der Waals surface area contributed by atoms with Crippen LogP contribution in [0.1, 0.15) is 20.3 Å². The SMILES string of the molecule is CCN(CC)C(=O)N1CCN(C(=O)C2(COC)CCNC2)CC1. The molecule has 0 saturated carbocycles. The van der Waals surface area contributed by atoms with E-state index in [1.165, 1.54) is 0 Å². The Morgan fingerprint density at radius 3 is 2.22 bits per heavy atom. The van der Waals surface area contributed by atoms with Gasteiger partial charge in [0.05, 0.1) is 12.0 Å². The number of urea groups is 1. The summed E-state index contributed by atoms with van der Waals surface area (Å²) in [5.41, 5.74) is -0.431. The van der Waals surface area contributed by atoms with E-state index < -0.39 is 5.41 Å². The summed E-state index contributed by atoms with van der Waals surface area (Å²) in [5.74, 6) is 0.166. The quantitative estimate of drug-likeness (QED) is 0.785. The van der Waals surface area contributed by atoms with Crippen LogP contribution in [0.4, 0.5) is 4.79 Å². The van der Waals surface area contributed by atoms with Crippen LogP contribution in [0.25, 0.3) is 0 Å². The number of piperazine rings is 1. The smallest absolute Gasteiger partial charge is 0.320 e. The van der Waals surface area contributed by atoms with E-state index in [-0.39, 0.29) is 11.9 Å². The summed E-state index contributed by atoms with van der Waals surface area (Å²) >= 11 is 0. The van der Waals surface area contributed by atoms with Gasteiger partial charge in [0.15, 0.2) is 0 Å². The van der Waals surface area contributed by atoms with Crippen molar-refractivity contribution in [1.82, 2.24) is 20.0 Å². The summed E-state index contributed by atoms with van der Waals surface area (Å²) in [4.78, 5) is 30.9. The van der Waals surface area contributed by atoms with E-state index in [0.29, 0.717) is 39.3 Å². The molecule has 0 bridgehead atoms. The van der Waals surface area contributed by atoms with Crippen molar-refractivity contribution in [2.75, 3.05) is 66.1 Å². The first-order valence-electron chi connectivity index (χ1n) is 8.61. The number of nitrogens with zero attached hydrogens (tertiary/aromatic N) is 3. The number of amides is 3. The summed E-state index contributed by atoms with van der Waals surface area (Å²) < 4.78 is 5.30. The molecule has 2 aliphatic rings. The van der Waals surface area contributed by atoms with Gasteiger partial charge in [0.1, 0.15) is 0 Å². The van der Waals surface area contributed by atoms with E-state index in [1.807, 2.05) is 28.5 Å². The van der Waals surface area contributed by atoms with Crippen LogP contribution >= 0.6 is 0 Å². The molecule has 0 aliphatic carbocycles. The molecule has 1 N–H and O–H groups in total. The maximum Gasteiger partial charge on any atom is 0.320 e. The molecule has 2 saturated heterocycles. The van der Waals surface area contributed by atoms with Gasteiger partial charge < -0.3 is 24.8 Å². The highest BCUT2D eigenvalue weighted by Crippen LogP contribution is 2.29. The standard InChI is InChI=1S/C16H30N4O3/c1-4-18(5-2)15(22)20-10-8-19(9-11-20)14(21)16(13-23-3)6-7-17-12-16/h17H,4-13H2,1-3H3. The zero-order valence-electron chi connectivity index (χ0n) is 14.6. The van der Waals surface area contributed by atoms with Crippen molar-refractivity contribution in [2.24, 2.45) is 5.41 Å². The van der Waals surface area contributed by atoms with Crippen molar-refractivity contribution in [1.29, 1.82) is 0 Å². The number of rotatable bonds is 5. The monoisotopic (exact) mass is 326 g/mol. The zero-order chi connectivity index (χ0) is 16.9. The lowest BCUT2D eigenvalue weighted by atomic mass is 9.86. The first-order valence-corrected chi connectivity index (χ1v) is 8.61. The van der Waals surface area contributed by atoms with E-state index in [0.717, 1.165) is 26.1 Å². The highest BCUT2D eigenvalue weighted by molar-refractivity contribution is 5.84. The summed E-state index contributed by atoms with van der Waals surface area (Å²) in [6, 6.07) is 0.0798. The van der Waals surface area contributed by atoms with E-state index in [1.54, 1.807) is 7.11 Å². The third kappa shape index (κ3) is 3.77. The van der Waals surface area contributed by atoms with Crippen molar-refractivity contribution in [3.63, 3.8) is 0 Å². The van der Waals surface area contributed by atoms with Crippen LogP contribution in [0, 0.1) is 5.41 Å². The number of carbonyl (C=O) groups excluding carboxylic acids is 2. The molecule has 0 aromatic heterocycles. The van der Waals surface area contributed by atoms with Crippen LogP contribution in [0.15, 0.2) is 0 Å². The number of ether oxygens (including phenoxy) is 1. The van der Waals surface area contributed by atoms with Gasteiger partial charge in [-0.25, -0.2) is 4.79 Å². The largest absolute Gasteiger partial charge is 0.384 e. The molecular formula is C16H30N4O3. The lowest BCUT2D eigenvalue weighted by Gasteiger charge is -2.40. The highest BCUT2D eigenvalue weighted by atomic mass is 16.5. The predicted octanol–water partition coefficient (Wildman–Crippen LogP) is 0.219. The molecule has 0 spiro atoms. The van der Waals surface area contributed by atoms with Crippen molar-refractivity contribution in [2.45, 2.75) is 20.3 Å². The van der Waals surface area contributed by atoms with Gasteiger partial charge in [-0.15, -0.1) is 0 Å².